The quantitative estimate of drug-likeness (QED) is 0.834. The van der Waals surface area contributed by atoms with E-state index < -0.39 is 11.8 Å². The Labute approximate surface area is 108 Å². The molecule has 6 heteroatoms. The number of hydrogen-bond donors (Lipinski definition) is 1. The highest BCUT2D eigenvalue weighted by Crippen LogP contribution is 2.24. The zero-order chi connectivity index (χ0) is 14.0. The summed E-state index contributed by atoms with van der Waals surface area (Å²) >= 11 is 0. The van der Waals surface area contributed by atoms with Crippen LogP contribution >= 0.6 is 0 Å². The number of nitrogens with two attached hydrogens (primary N) is 1. The monoisotopic (exact) mass is 259 g/mol. The number of anilines is 1. The van der Waals surface area contributed by atoms with E-state index in [0.717, 1.165) is 0 Å². The largest absolute Gasteiger partial charge is 0.464 e. The molecule has 0 radical (unpaired) electrons. The lowest BCUT2D eigenvalue weighted by molar-refractivity contribution is 0.0593. The molecule has 0 saturated heterocycles. The predicted molar refractivity (Wildman–Crippen MR) is 66.2 cm³/mol. The molecule has 0 atom stereocenters. The van der Waals surface area contributed by atoms with E-state index in [9.17, 15) is 9.18 Å². The molecule has 2 N–H and O–H groups in total. The van der Waals surface area contributed by atoms with Crippen LogP contribution in [0.15, 0.2) is 30.5 Å². The Bertz CT molecular complexity index is 686. The van der Waals surface area contributed by atoms with Gasteiger partial charge in [0.2, 0.25) is 0 Å². The zero-order valence-corrected chi connectivity index (χ0v) is 10.1. The lowest BCUT2D eigenvalue weighted by atomic mass is 10.2. The van der Waals surface area contributed by atoms with Crippen LogP contribution in [0, 0.1) is 17.1 Å². The van der Waals surface area contributed by atoms with Gasteiger partial charge in [0.1, 0.15) is 11.9 Å². The number of carbonyl (C=O) groups excluding carboxylic acids is 1. The topological polar surface area (TPSA) is 81.0 Å². The molecule has 0 spiro atoms. The van der Waals surface area contributed by atoms with Gasteiger partial charge in [-0.15, -0.1) is 0 Å². The molecule has 1 aromatic carbocycles. The molecule has 2 rings (SSSR count). The van der Waals surface area contributed by atoms with Crippen molar-refractivity contribution in [3.05, 3.63) is 47.5 Å². The van der Waals surface area contributed by atoms with Gasteiger partial charge >= 0.3 is 5.97 Å². The van der Waals surface area contributed by atoms with Gasteiger partial charge in [-0.3, -0.25) is 0 Å². The number of nitrogen functional groups attached to an aromatic ring is 1. The highest BCUT2D eigenvalue weighted by Gasteiger charge is 2.21. The first-order valence-electron chi connectivity index (χ1n) is 5.33. The average molecular weight is 259 g/mol. The molecule has 0 aliphatic heterocycles. The number of esters is 1. The highest BCUT2D eigenvalue weighted by atomic mass is 19.1. The number of rotatable bonds is 2. The minimum absolute atomic E-state index is 0.00431. The van der Waals surface area contributed by atoms with Crippen molar-refractivity contribution in [3.63, 3.8) is 0 Å². The van der Waals surface area contributed by atoms with Crippen LogP contribution < -0.4 is 5.73 Å². The molecular formula is C13H10FN3O2. The molecule has 0 saturated carbocycles. The Hall–Kier alpha value is -2.81. The predicted octanol–water partition coefficient (Wildman–Crippen LogP) is 1.86. The maximum atomic E-state index is 13.2. The molecule has 2 aromatic rings. The van der Waals surface area contributed by atoms with Crippen LogP contribution in [0.3, 0.4) is 0 Å². The van der Waals surface area contributed by atoms with E-state index in [0.29, 0.717) is 5.69 Å². The van der Waals surface area contributed by atoms with E-state index in [4.69, 9.17) is 11.0 Å². The van der Waals surface area contributed by atoms with Gasteiger partial charge in [-0.05, 0) is 18.2 Å². The van der Waals surface area contributed by atoms with Gasteiger partial charge in [-0.2, -0.15) is 5.26 Å². The molecule has 0 amide bonds. The smallest absolute Gasteiger partial charge is 0.357 e. The molecule has 1 aromatic heterocycles. The summed E-state index contributed by atoms with van der Waals surface area (Å²) in [5.41, 5.74) is 6.26. The second-order valence-electron chi connectivity index (χ2n) is 3.76. The van der Waals surface area contributed by atoms with E-state index in [1.807, 2.05) is 6.07 Å². The standard InChI is InChI=1S/C13H10FN3O2/c1-19-13(18)12-11(16)8(6-15)7-17(12)10-4-2-3-9(14)5-10/h2-5,7H,16H2,1H3. The molecule has 1 heterocycles. The minimum atomic E-state index is -0.691. The van der Waals surface area contributed by atoms with Gasteiger partial charge in [0.05, 0.1) is 18.4 Å². The first-order valence-corrected chi connectivity index (χ1v) is 5.33. The first-order chi connectivity index (χ1) is 9.08. The number of benzene rings is 1. The van der Waals surface area contributed by atoms with Gasteiger partial charge in [0.15, 0.2) is 5.69 Å². The van der Waals surface area contributed by atoms with Crippen molar-refractivity contribution in [3.8, 4) is 11.8 Å². The fourth-order valence-corrected chi connectivity index (χ4v) is 1.74. The number of nitrogens with zero attached hydrogens (tertiary/aromatic N) is 2. The van der Waals surface area contributed by atoms with Crippen molar-refractivity contribution in [1.29, 1.82) is 5.26 Å². The van der Waals surface area contributed by atoms with Gasteiger partial charge < -0.3 is 15.0 Å². The highest BCUT2D eigenvalue weighted by molar-refractivity contribution is 5.95. The summed E-state index contributed by atoms with van der Waals surface area (Å²) in [7, 11) is 1.21. The van der Waals surface area contributed by atoms with Crippen molar-refractivity contribution in [2.45, 2.75) is 0 Å². The Morgan fingerprint density at radius 3 is 2.84 bits per heavy atom. The fourth-order valence-electron chi connectivity index (χ4n) is 1.74. The molecule has 0 fully saturated rings. The Balaban J connectivity index is 2.70. The van der Waals surface area contributed by atoms with E-state index in [-0.39, 0.29) is 16.9 Å². The minimum Gasteiger partial charge on any atom is -0.464 e. The number of carbonyl (C=O) groups is 1. The summed E-state index contributed by atoms with van der Waals surface area (Å²) in [6, 6.07) is 7.47. The molecule has 0 aliphatic carbocycles. The van der Waals surface area contributed by atoms with Crippen LogP contribution in [0.1, 0.15) is 16.1 Å². The van der Waals surface area contributed by atoms with Crippen LogP contribution in [-0.2, 0) is 4.74 Å². The van der Waals surface area contributed by atoms with Crippen LogP contribution in [0.4, 0.5) is 10.1 Å². The van der Waals surface area contributed by atoms with Gasteiger partial charge in [-0.1, -0.05) is 6.07 Å². The van der Waals surface area contributed by atoms with Gasteiger partial charge in [-0.25, -0.2) is 9.18 Å². The number of halogens is 1. The van der Waals surface area contributed by atoms with Crippen molar-refractivity contribution < 1.29 is 13.9 Å². The van der Waals surface area contributed by atoms with Crippen molar-refractivity contribution in [2.75, 3.05) is 12.8 Å². The molecule has 5 nitrogen and oxygen atoms in total. The van der Waals surface area contributed by atoms with Crippen LogP contribution in [0.25, 0.3) is 5.69 Å². The third-order valence-corrected chi connectivity index (χ3v) is 2.63. The van der Waals surface area contributed by atoms with E-state index in [1.54, 1.807) is 6.07 Å². The Morgan fingerprint density at radius 1 is 1.53 bits per heavy atom. The zero-order valence-electron chi connectivity index (χ0n) is 10.1. The number of aromatic nitrogens is 1. The summed E-state index contributed by atoms with van der Waals surface area (Å²) in [5, 5.41) is 8.94. The lowest BCUT2D eigenvalue weighted by Gasteiger charge is -2.08. The number of hydrogen-bond acceptors (Lipinski definition) is 4. The summed E-state index contributed by atoms with van der Waals surface area (Å²) in [5.74, 6) is -1.15. The normalized spacial score (nSPS) is 9.95. The fraction of sp³-hybridized carbons (Fsp3) is 0.0769. The van der Waals surface area contributed by atoms with Crippen molar-refractivity contribution >= 4 is 11.7 Å². The average Bonchev–Trinajstić information content (AvgIpc) is 2.75. The number of nitriles is 1. The number of ether oxygens (including phenoxy) is 1. The second kappa shape index (κ2) is 4.82. The maximum absolute atomic E-state index is 13.2. The number of methoxy groups -OCH3 is 1. The van der Waals surface area contributed by atoms with Crippen LogP contribution in [0.5, 0.6) is 0 Å². The van der Waals surface area contributed by atoms with E-state index >= 15 is 0 Å². The summed E-state index contributed by atoms with van der Waals surface area (Å²) < 4.78 is 19.2. The Morgan fingerprint density at radius 2 is 2.26 bits per heavy atom. The lowest BCUT2D eigenvalue weighted by Crippen LogP contribution is -2.11. The third-order valence-electron chi connectivity index (χ3n) is 2.63. The SMILES string of the molecule is COC(=O)c1c(N)c(C#N)cn1-c1cccc(F)c1. The summed E-state index contributed by atoms with van der Waals surface area (Å²) in [6.45, 7) is 0. The van der Waals surface area contributed by atoms with Gasteiger partial charge in [0, 0.05) is 11.9 Å². The van der Waals surface area contributed by atoms with Crippen molar-refractivity contribution in [1.82, 2.24) is 4.57 Å². The molecule has 96 valence electrons. The molecule has 0 unspecified atom stereocenters. The van der Waals surface area contributed by atoms with Crippen molar-refractivity contribution in [2.24, 2.45) is 0 Å². The second-order valence-corrected chi connectivity index (χ2v) is 3.76. The third kappa shape index (κ3) is 2.13. The van der Waals surface area contributed by atoms with E-state index in [2.05, 4.69) is 4.74 Å². The molecule has 0 aliphatic rings. The van der Waals surface area contributed by atoms with Gasteiger partial charge in [0.25, 0.3) is 0 Å². The summed E-state index contributed by atoms with van der Waals surface area (Å²) in [6.07, 6.45) is 1.37. The molecule has 0 bridgehead atoms. The van der Waals surface area contributed by atoms with Crippen LogP contribution in [0.2, 0.25) is 0 Å². The maximum Gasteiger partial charge on any atom is 0.357 e. The molecule has 19 heavy (non-hydrogen) atoms. The summed E-state index contributed by atoms with van der Waals surface area (Å²) in [4.78, 5) is 11.7. The first kappa shape index (κ1) is 12.6. The van der Waals surface area contributed by atoms with Crippen LogP contribution in [-0.4, -0.2) is 17.6 Å². The Kier molecular flexibility index (Phi) is 3.21. The molecular weight excluding hydrogens is 249 g/mol. The van der Waals surface area contributed by atoms with E-state index in [1.165, 1.54) is 36.1 Å².